The summed E-state index contributed by atoms with van der Waals surface area (Å²) in [5.74, 6) is 0.671. The zero-order valence-corrected chi connectivity index (χ0v) is 4.42. The minimum atomic E-state index is 0.335. The SMILES string of the molecule is COc1cc(N)no1. The van der Waals surface area contributed by atoms with Crippen molar-refractivity contribution < 1.29 is 9.26 Å². The molecule has 1 aromatic heterocycles. The van der Waals surface area contributed by atoms with Crippen LogP contribution in [0.15, 0.2) is 10.6 Å². The monoisotopic (exact) mass is 114 g/mol. The van der Waals surface area contributed by atoms with Crippen molar-refractivity contribution in [1.29, 1.82) is 0 Å². The van der Waals surface area contributed by atoms with E-state index in [0.29, 0.717) is 11.8 Å². The minimum absolute atomic E-state index is 0.335. The first-order valence-corrected chi connectivity index (χ1v) is 2.09. The maximum atomic E-state index is 5.17. The summed E-state index contributed by atoms with van der Waals surface area (Å²) in [6.07, 6.45) is 0. The van der Waals surface area contributed by atoms with Gasteiger partial charge in [-0.05, 0) is 0 Å². The van der Waals surface area contributed by atoms with E-state index in [2.05, 4.69) is 14.4 Å². The lowest BCUT2D eigenvalue weighted by atomic mass is 10.6. The summed E-state index contributed by atoms with van der Waals surface area (Å²) >= 11 is 0. The van der Waals surface area contributed by atoms with Gasteiger partial charge >= 0.3 is 5.95 Å². The van der Waals surface area contributed by atoms with Crippen molar-refractivity contribution in [1.82, 2.24) is 5.16 Å². The fourth-order valence-electron chi connectivity index (χ4n) is 0.367. The summed E-state index contributed by atoms with van der Waals surface area (Å²) in [6.45, 7) is 0. The molecule has 0 aliphatic carbocycles. The first-order valence-electron chi connectivity index (χ1n) is 2.09. The van der Waals surface area contributed by atoms with E-state index in [4.69, 9.17) is 5.73 Å². The zero-order chi connectivity index (χ0) is 5.98. The van der Waals surface area contributed by atoms with Crippen LogP contribution in [0.2, 0.25) is 0 Å². The fourth-order valence-corrected chi connectivity index (χ4v) is 0.367. The van der Waals surface area contributed by atoms with Gasteiger partial charge in [-0.2, -0.15) is 0 Å². The van der Waals surface area contributed by atoms with Crippen LogP contribution in [0.1, 0.15) is 0 Å². The van der Waals surface area contributed by atoms with E-state index in [1.165, 1.54) is 13.2 Å². The number of rotatable bonds is 1. The third-order valence-corrected chi connectivity index (χ3v) is 0.708. The number of nitrogens with zero attached hydrogens (tertiary/aromatic N) is 1. The summed E-state index contributed by atoms with van der Waals surface area (Å²) in [4.78, 5) is 0. The molecule has 4 heteroatoms. The highest BCUT2D eigenvalue weighted by atomic mass is 16.6. The van der Waals surface area contributed by atoms with Gasteiger partial charge in [-0.15, -0.1) is 0 Å². The Morgan fingerprint density at radius 1 is 1.88 bits per heavy atom. The lowest BCUT2D eigenvalue weighted by molar-refractivity contribution is 0.261. The van der Waals surface area contributed by atoms with Crippen LogP contribution in [0.5, 0.6) is 5.95 Å². The highest BCUT2D eigenvalue weighted by Crippen LogP contribution is 2.11. The number of aromatic nitrogens is 1. The van der Waals surface area contributed by atoms with Gasteiger partial charge in [0.1, 0.15) is 0 Å². The maximum Gasteiger partial charge on any atom is 0.313 e. The molecule has 0 atom stereocenters. The predicted molar refractivity (Wildman–Crippen MR) is 27.5 cm³/mol. The van der Waals surface area contributed by atoms with Gasteiger partial charge in [0.15, 0.2) is 5.82 Å². The predicted octanol–water partition coefficient (Wildman–Crippen LogP) is 0.265. The van der Waals surface area contributed by atoms with E-state index in [0.717, 1.165) is 0 Å². The van der Waals surface area contributed by atoms with E-state index in [-0.39, 0.29) is 0 Å². The summed E-state index contributed by atoms with van der Waals surface area (Å²) in [5.41, 5.74) is 5.17. The number of hydrogen-bond donors (Lipinski definition) is 1. The average molecular weight is 114 g/mol. The number of methoxy groups -OCH3 is 1. The first kappa shape index (κ1) is 4.96. The molecule has 1 rings (SSSR count). The fraction of sp³-hybridized carbons (Fsp3) is 0.250. The molecule has 1 heterocycles. The molecule has 0 saturated carbocycles. The van der Waals surface area contributed by atoms with Crippen molar-refractivity contribution in [3.63, 3.8) is 0 Å². The molecule has 8 heavy (non-hydrogen) atoms. The van der Waals surface area contributed by atoms with Gasteiger partial charge < -0.3 is 15.0 Å². The Balaban J connectivity index is 2.84. The van der Waals surface area contributed by atoms with E-state index in [1.54, 1.807) is 0 Å². The van der Waals surface area contributed by atoms with E-state index in [1.807, 2.05) is 0 Å². The molecule has 4 nitrogen and oxygen atoms in total. The van der Waals surface area contributed by atoms with Crippen LogP contribution in [0.4, 0.5) is 5.82 Å². The molecule has 0 aliphatic heterocycles. The Kier molecular flexibility index (Phi) is 1.07. The summed E-state index contributed by atoms with van der Waals surface area (Å²) in [7, 11) is 1.49. The third kappa shape index (κ3) is 0.726. The lowest BCUT2D eigenvalue weighted by Crippen LogP contribution is -1.80. The number of nitrogen functional groups attached to an aromatic ring is 1. The number of hydrogen-bond acceptors (Lipinski definition) is 4. The summed E-state index contributed by atoms with van der Waals surface area (Å²) in [6, 6.07) is 1.50. The molecule has 0 amide bonds. The molecule has 0 bridgehead atoms. The molecular formula is C4H6N2O2. The van der Waals surface area contributed by atoms with Gasteiger partial charge in [0, 0.05) is 0 Å². The van der Waals surface area contributed by atoms with Gasteiger partial charge in [0.25, 0.3) is 0 Å². The maximum absolute atomic E-state index is 5.17. The largest absolute Gasteiger partial charge is 0.467 e. The van der Waals surface area contributed by atoms with Crippen molar-refractivity contribution in [3.8, 4) is 5.95 Å². The van der Waals surface area contributed by atoms with Gasteiger partial charge in [-0.1, -0.05) is 5.16 Å². The summed E-state index contributed by atoms with van der Waals surface area (Å²) < 4.78 is 9.14. The van der Waals surface area contributed by atoms with Crippen LogP contribution in [0, 0.1) is 0 Å². The van der Waals surface area contributed by atoms with Crippen molar-refractivity contribution >= 4 is 5.82 Å². The van der Waals surface area contributed by atoms with Crippen LogP contribution < -0.4 is 10.5 Å². The molecule has 0 saturated heterocycles. The Labute approximate surface area is 46.2 Å². The number of nitrogens with two attached hydrogens (primary N) is 1. The molecule has 44 valence electrons. The summed E-state index contributed by atoms with van der Waals surface area (Å²) in [5, 5.41) is 3.37. The van der Waals surface area contributed by atoms with E-state index in [9.17, 15) is 0 Å². The Bertz CT molecular complexity index is 172. The topological polar surface area (TPSA) is 61.3 Å². The second-order valence-electron chi connectivity index (χ2n) is 1.27. The molecule has 0 radical (unpaired) electrons. The van der Waals surface area contributed by atoms with Crippen LogP contribution in [0.25, 0.3) is 0 Å². The van der Waals surface area contributed by atoms with Gasteiger partial charge in [0.05, 0.1) is 13.2 Å². The lowest BCUT2D eigenvalue weighted by Gasteiger charge is -1.83. The van der Waals surface area contributed by atoms with E-state index < -0.39 is 0 Å². The van der Waals surface area contributed by atoms with Crippen LogP contribution >= 0.6 is 0 Å². The van der Waals surface area contributed by atoms with Gasteiger partial charge in [0.2, 0.25) is 0 Å². The Morgan fingerprint density at radius 3 is 2.88 bits per heavy atom. The molecule has 0 fully saturated rings. The van der Waals surface area contributed by atoms with Crippen molar-refractivity contribution in [3.05, 3.63) is 6.07 Å². The van der Waals surface area contributed by atoms with Crippen LogP contribution in [0.3, 0.4) is 0 Å². The third-order valence-electron chi connectivity index (χ3n) is 0.708. The smallest absolute Gasteiger partial charge is 0.313 e. The van der Waals surface area contributed by atoms with Crippen molar-refractivity contribution in [2.75, 3.05) is 12.8 Å². The van der Waals surface area contributed by atoms with E-state index >= 15 is 0 Å². The highest BCUT2D eigenvalue weighted by Gasteiger charge is 1.95. The highest BCUT2D eigenvalue weighted by molar-refractivity contribution is 5.28. The van der Waals surface area contributed by atoms with Crippen molar-refractivity contribution in [2.45, 2.75) is 0 Å². The quantitative estimate of drug-likeness (QED) is 0.569. The minimum Gasteiger partial charge on any atom is -0.467 e. The molecule has 2 N–H and O–H groups in total. The van der Waals surface area contributed by atoms with Crippen LogP contribution in [-0.2, 0) is 0 Å². The molecule has 1 aromatic rings. The second kappa shape index (κ2) is 1.73. The normalized spacial score (nSPS) is 9.12. The number of anilines is 1. The molecular weight excluding hydrogens is 108 g/mol. The molecule has 0 spiro atoms. The van der Waals surface area contributed by atoms with Crippen molar-refractivity contribution in [2.24, 2.45) is 0 Å². The standard InChI is InChI=1S/C4H6N2O2/c1-7-4-2-3(5)6-8-4/h2H,1H3,(H2,5,6). The average Bonchev–Trinajstić information content (AvgIpc) is 2.14. The first-order chi connectivity index (χ1) is 3.83. The Morgan fingerprint density at radius 2 is 2.62 bits per heavy atom. The van der Waals surface area contributed by atoms with Gasteiger partial charge in [-0.25, -0.2) is 0 Å². The Hall–Kier alpha value is -1.19. The zero-order valence-electron chi connectivity index (χ0n) is 4.42. The number of ether oxygens (including phenoxy) is 1. The van der Waals surface area contributed by atoms with Crippen LogP contribution in [-0.4, -0.2) is 12.3 Å². The molecule has 0 aliphatic rings. The van der Waals surface area contributed by atoms with Gasteiger partial charge in [-0.3, -0.25) is 0 Å². The molecule has 0 unspecified atom stereocenters. The second-order valence-corrected chi connectivity index (χ2v) is 1.27. The molecule has 0 aromatic carbocycles.